The maximum atomic E-state index is 12.5. The van der Waals surface area contributed by atoms with Gasteiger partial charge in [0.2, 0.25) is 0 Å². The Labute approximate surface area is 145 Å². The van der Waals surface area contributed by atoms with Crippen LogP contribution in [0.1, 0.15) is 10.4 Å². The minimum absolute atomic E-state index is 0.192. The van der Waals surface area contributed by atoms with Crippen molar-refractivity contribution in [2.75, 3.05) is 10.6 Å². The van der Waals surface area contributed by atoms with E-state index in [1.165, 1.54) is 12.1 Å². The van der Waals surface area contributed by atoms with E-state index < -0.39 is 18.0 Å². The van der Waals surface area contributed by atoms with Crippen LogP contribution in [0.5, 0.6) is 5.75 Å². The molecule has 0 unspecified atom stereocenters. The monoisotopic (exact) mass is 360 g/mol. The summed E-state index contributed by atoms with van der Waals surface area (Å²) in [5.74, 6) is -0.857. The molecular formula is C17H11F3N4O2. The minimum Gasteiger partial charge on any atom is -0.406 e. The molecular weight excluding hydrogens is 349 g/mol. The van der Waals surface area contributed by atoms with Gasteiger partial charge in [0.25, 0.3) is 5.91 Å². The van der Waals surface area contributed by atoms with Crippen molar-refractivity contribution in [2.45, 2.75) is 6.36 Å². The van der Waals surface area contributed by atoms with E-state index >= 15 is 0 Å². The van der Waals surface area contributed by atoms with Crippen molar-refractivity contribution < 1.29 is 22.7 Å². The summed E-state index contributed by atoms with van der Waals surface area (Å²) in [6.45, 7) is 0. The van der Waals surface area contributed by atoms with Gasteiger partial charge in [-0.2, -0.15) is 5.10 Å². The Morgan fingerprint density at radius 2 is 1.73 bits per heavy atom. The number of fused-ring (bicyclic) bond motifs is 2. The van der Waals surface area contributed by atoms with Crippen LogP contribution in [-0.2, 0) is 0 Å². The van der Waals surface area contributed by atoms with E-state index in [1.54, 1.807) is 24.5 Å². The lowest BCUT2D eigenvalue weighted by Crippen LogP contribution is -2.17. The second-order valence-electron chi connectivity index (χ2n) is 5.58. The van der Waals surface area contributed by atoms with Crippen molar-refractivity contribution >= 4 is 23.0 Å². The Balaban J connectivity index is 1.70. The third-order valence-corrected chi connectivity index (χ3v) is 3.84. The first-order valence-corrected chi connectivity index (χ1v) is 7.50. The van der Waals surface area contributed by atoms with Gasteiger partial charge in [0, 0.05) is 17.8 Å². The highest BCUT2D eigenvalue weighted by atomic mass is 19.4. The Morgan fingerprint density at radius 3 is 2.46 bits per heavy atom. The molecule has 9 heteroatoms. The molecule has 4 rings (SSSR count). The molecule has 1 aliphatic rings. The zero-order valence-electron chi connectivity index (χ0n) is 13.0. The van der Waals surface area contributed by atoms with E-state index in [0.29, 0.717) is 16.9 Å². The van der Waals surface area contributed by atoms with Crippen molar-refractivity contribution in [1.29, 1.82) is 0 Å². The van der Waals surface area contributed by atoms with Gasteiger partial charge in [-0.15, -0.1) is 13.2 Å². The number of aromatic amines is 1. The molecule has 3 aromatic rings. The first-order chi connectivity index (χ1) is 12.4. The molecule has 0 fully saturated rings. The van der Waals surface area contributed by atoms with Crippen LogP contribution >= 0.6 is 0 Å². The van der Waals surface area contributed by atoms with E-state index in [9.17, 15) is 18.0 Å². The van der Waals surface area contributed by atoms with E-state index in [1.807, 2.05) is 6.07 Å². The van der Waals surface area contributed by atoms with Gasteiger partial charge in [-0.1, -0.05) is 6.07 Å². The number of nitrogens with one attached hydrogen (secondary N) is 3. The number of benzene rings is 2. The molecule has 1 amide bonds. The summed E-state index contributed by atoms with van der Waals surface area (Å²) >= 11 is 0. The summed E-state index contributed by atoms with van der Waals surface area (Å²) in [5.41, 5.74) is 3.14. The Kier molecular flexibility index (Phi) is 3.57. The lowest BCUT2D eigenvalue weighted by Gasteiger charge is -2.12. The number of hydrogen-bond donors (Lipinski definition) is 3. The van der Waals surface area contributed by atoms with Crippen molar-refractivity contribution in [3.8, 4) is 16.9 Å². The van der Waals surface area contributed by atoms with Crippen molar-refractivity contribution in [2.24, 2.45) is 0 Å². The number of carbonyl (C=O) groups excluding carboxylic acids is 1. The standard InChI is InChI=1S/C17H11F3N4O2/c18-17(19,20)26-11-2-4-14-15(6-11)24-16(25)12-5-9(1-3-13(12)23-14)10-7-21-22-8-10/h1-8,23H,(H,21,22)(H,24,25). The predicted octanol–water partition coefficient (Wildman–Crippen LogP) is 4.28. The Hall–Kier alpha value is -3.49. The summed E-state index contributed by atoms with van der Waals surface area (Å²) in [6.07, 6.45) is -1.49. The van der Waals surface area contributed by atoms with Crippen LogP contribution in [0.15, 0.2) is 48.8 Å². The van der Waals surface area contributed by atoms with Gasteiger partial charge in [0.1, 0.15) is 5.75 Å². The number of nitrogens with zero attached hydrogens (tertiary/aromatic N) is 1. The second kappa shape index (κ2) is 5.80. The Bertz CT molecular complexity index is 984. The minimum atomic E-state index is -4.81. The first kappa shape index (κ1) is 16.0. The number of rotatable bonds is 2. The summed E-state index contributed by atoms with van der Waals surface area (Å²) in [5, 5.41) is 12.2. The van der Waals surface area contributed by atoms with Crippen LogP contribution in [0.25, 0.3) is 11.1 Å². The average molecular weight is 360 g/mol. The van der Waals surface area contributed by atoms with E-state index in [2.05, 4.69) is 25.6 Å². The van der Waals surface area contributed by atoms with Gasteiger partial charge in [-0.25, -0.2) is 0 Å². The average Bonchev–Trinajstić information content (AvgIpc) is 3.06. The third kappa shape index (κ3) is 3.06. The highest BCUT2D eigenvalue weighted by Gasteiger charge is 2.31. The molecule has 0 bridgehead atoms. The molecule has 0 atom stereocenters. The number of ether oxygens (including phenoxy) is 1. The van der Waals surface area contributed by atoms with Gasteiger partial charge in [-0.3, -0.25) is 9.89 Å². The highest BCUT2D eigenvalue weighted by molar-refractivity contribution is 6.12. The Morgan fingerprint density at radius 1 is 0.923 bits per heavy atom. The molecule has 3 N–H and O–H groups in total. The van der Waals surface area contributed by atoms with Crippen molar-refractivity contribution in [3.05, 3.63) is 54.4 Å². The van der Waals surface area contributed by atoms with Crippen LogP contribution in [0, 0.1) is 0 Å². The van der Waals surface area contributed by atoms with Crippen LogP contribution in [-0.4, -0.2) is 22.5 Å². The molecule has 0 saturated heterocycles. The number of anilines is 3. The molecule has 0 spiro atoms. The van der Waals surface area contributed by atoms with Gasteiger partial charge in [0.05, 0.1) is 28.8 Å². The molecule has 1 aromatic heterocycles. The third-order valence-electron chi connectivity index (χ3n) is 3.84. The number of H-pyrrole nitrogens is 1. The molecule has 1 aliphatic heterocycles. The normalized spacial score (nSPS) is 13.1. The fraction of sp³-hybridized carbons (Fsp3) is 0.0588. The number of halogens is 3. The summed E-state index contributed by atoms with van der Waals surface area (Å²) in [6, 6.07) is 8.94. The summed E-state index contributed by atoms with van der Waals surface area (Å²) in [4.78, 5) is 12.5. The van der Waals surface area contributed by atoms with Gasteiger partial charge >= 0.3 is 6.36 Å². The number of alkyl halides is 3. The maximum absolute atomic E-state index is 12.5. The van der Waals surface area contributed by atoms with Crippen LogP contribution < -0.4 is 15.4 Å². The SMILES string of the molecule is O=C1Nc2cc(OC(F)(F)F)ccc2Nc2ccc(-c3cn[nH]c3)cc21. The lowest BCUT2D eigenvalue weighted by molar-refractivity contribution is -0.274. The van der Waals surface area contributed by atoms with Crippen molar-refractivity contribution in [3.63, 3.8) is 0 Å². The molecule has 2 aromatic carbocycles. The summed E-state index contributed by atoms with van der Waals surface area (Å²) < 4.78 is 41.1. The smallest absolute Gasteiger partial charge is 0.406 e. The van der Waals surface area contributed by atoms with Gasteiger partial charge in [0.15, 0.2) is 0 Å². The van der Waals surface area contributed by atoms with Crippen LogP contribution in [0.3, 0.4) is 0 Å². The zero-order chi connectivity index (χ0) is 18.3. The number of aromatic nitrogens is 2. The molecule has 2 heterocycles. The quantitative estimate of drug-likeness (QED) is 0.637. The van der Waals surface area contributed by atoms with E-state index in [4.69, 9.17) is 0 Å². The van der Waals surface area contributed by atoms with Crippen LogP contribution in [0.2, 0.25) is 0 Å². The van der Waals surface area contributed by atoms with Gasteiger partial charge < -0.3 is 15.4 Å². The highest BCUT2D eigenvalue weighted by Crippen LogP contribution is 2.37. The van der Waals surface area contributed by atoms with E-state index in [-0.39, 0.29) is 5.69 Å². The fourth-order valence-electron chi connectivity index (χ4n) is 2.70. The maximum Gasteiger partial charge on any atom is 0.573 e. The summed E-state index contributed by atoms with van der Waals surface area (Å²) in [7, 11) is 0. The lowest BCUT2D eigenvalue weighted by atomic mass is 10.0. The molecule has 0 aliphatic carbocycles. The van der Waals surface area contributed by atoms with Crippen molar-refractivity contribution in [1.82, 2.24) is 10.2 Å². The molecule has 132 valence electrons. The van der Waals surface area contributed by atoms with E-state index in [0.717, 1.165) is 17.2 Å². The van der Waals surface area contributed by atoms with Gasteiger partial charge in [-0.05, 0) is 29.8 Å². The fourth-order valence-corrected chi connectivity index (χ4v) is 2.70. The zero-order valence-corrected chi connectivity index (χ0v) is 13.0. The largest absolute Gasteiger partial charge is 0.573 e. The predicted molar refractivity (Wildman–Crippen MR) is 88.4 cm³/mol. The molecule has 26 heavy (non-hydrogen) atoms. The molecule has 0 saturated carbocycles. The number of hydrogen-bond acceptors (Lipinski definition) is 4. The topological polar surface area (TPSA) is 79.0 Å². The molecule has 6 nitrogen and oxygen atoms in total. The number of amides is 1. The second-order valence-corrected chi connectivity index (χ2v) is 5.58. The number of carbonyl (C=O) groups is 1. The first-order valence-electron chi connectivity index (χ1n) is 7.50. The van der Waals surface area contributed by atoms with Crippen LogP contribution in [0.4, 0.5) is 30.2 Å². The molecule has 0 radical (unpaired) electrons.